The Morgan fingerprint density at radius 3 is 2.14 bits per heavy atom. The first-order valence-corrected chi connectivity index (χ1v) is 17.5. The van der Waals surface area contributed by atoms with Crippen molar-refractivity contribution < 1.29 is 23.2 Å². The van der Waals surface area contributed by atoms with Gasteiger partial charge in [0.15, 0.2) is 8.32 Å². The number of halogens is 1. The highest BCUT2D eigenvalue weighted by Gasteiger charge is 2.37. The quantitative estimate of drug-likeness (QED) is 0.127. The van der Waals surface area contributed by atoms with Gasteiger partial charge in [-0.1, -0.05) is 56.3 Å². The molecule has 11 heteroatoms. The van der Waals surface area contributed by atoms with Crippen LogP contribution < -0.4 is 4.90 Å². The smallest absolute Gasteiger partial charge is 0.261 e. The molecule has 0 N–H and O–H groups in total. The number of rotatable bonds is 9. The molecule has 0 radical (unpaired) electrons. The van der Waals surface area contributed by atoms with E-state index in [9.17, 15) is 9.59 Å². The standard InChI is InChI=1S/C32H38FN5O4Si/c1-32(2,3)43(4,5)42-21-22-9-8-12-25(28(22)33)23-19-34-31(35-20-23)37-15-13-24(14-16-37)36-41-18-17-38-29(39)26-10-6-7-11-27(26)30(38)40/h6-12,19-20H,13-18,21H2,1-5H3. The van der Waals surface area contributed by atoms with Crippen molar-refractivity contribution in [3.8, 4) is 11.1 Å². The third-order valence-electron chi connectivity index (χ3n) is 8.52. The summed E-state index contributed by atoms with van der Waals surface area (Å²) in [5.41, 5.74) is 3.34. The minimum absolute atomic E-state index is 0.0449. The van der Waals surface area contributed by atoms with Crippen molar-refractivity contribution in [1.82, 2.24) is 14.9 Å². The molecule has 3 aromatic rings. The second kappa shape index (κ2) is 12.3. The maximum Gasteiger partial charge on any atom is 0.261 e. The molecule has 2 aliphatic heterocycles. The summed E-state index contributed by atoms with van der Waals surface area (Å²) in [6.07, 6.45) is 4.66. The third-order valence-corrected chi connectivity index (χ3v) is 13.0. The number of nitrogens with zero attached hydrogens (tertiary/aromatic N) is 5. The van der Waals surface area contributed by atoms with E-state index < -0.39 is 8.32 Å². The van der Waals surface area contributed by atoms with E-state index in [0.29, 0.717) is 59.7 Å². The largest absolute Gasteiger partial charge is 0.412 e. The fourth-order valence-corrected chi connectivity index (χ4v) is 5.73. The summed E-state index contributed by atoms with van der Waals surface area (Å²) in [5, 5.41) is 4.28. The number of hydrogen-bond donors (Lipinski definition) is 0. The number of imide groups is 1. The van der Waals surface area contributed by atoms with E-state index in [1.54, 1.807) is 48.8 Å². The van der Waals surface area contributed by atoms with Gasteiger partial charge in [-0.3, -0.25) is 14.5 Å². The lowest BCUT2D eigenvalue weighted by Crippen LogP contribution is -2.40. The van der Waals surface area contributed by atoms with Crippen LogP contribution in [-0.2, 0) is 15.9 Å². The number of hydrogen-bond acceptors (Lipinski definition) is 8. The average Bonchev–Trinajstić information content (AvgIpc) is 3.23. The first-order chi connectivity index (χ1) is 20.5. The number of oxime groups is 1. The number of anilines is 1. The Bertz CT molecular complexity index is 1490. The number of aromatic nitrogens is 2. The van der Waals surface area contributed by atoms with Crippen molar-refractivity contribution in [3.05, 3.63) is 77.4 Å². The molecule has 0 spiro atoms. The van der Waals surface area contributed by atoms with Crippen LogP contribution in [0, 0.1) is 5.82 Å². The van der Waals surface area contributed by atoms with Gasteiger partial charge in [0.25, 0.3) is 11.8 Å². The Labute approximate surface area is 252 Å². The van der Waals surface area contributed by atoms with Gasteiger partial charge in [0.05, 0.1) is 30.0 Å². The molecular weight excluding hydrogens is 565 g/mol. The summed E-state index contributed by atoms with van der Waals surface area (Å²) < 4.78 is 21.7. The highest BCUT2D eigenvalue weighted by atomic mass is 28.4. The molecule has 1 aromatic heterocycles. The minimum atomic E-state index is -2.01. The number of benzene rings is 2. The van der Waals surface area contributed by atoms with Crippen molar-refractivity contribution >= 4 is 31.8 Å². The third kappa shape index (κ3) is 6.52. The molecule has 0 unspecified atom stereocenters. The predicted molar refractivity (Wildman–Crippen MR) is 166 cm³/mol. The topological polar surface area (TPSA) is 97.2 Å². The van der Waals surface area contributed by atoms with Gasteiger partial charge >= 0.3 is 0 Å². The molecule has 226 valence electrons. The fourth-order valence-electron chi connectivity index (χ4n) is 4.78. The highest BCUT2D eigenvalue weighted by Crippen LogP contribution is 2.37. The summed E-state index contributed by atoms with van der Waals surface area (Å²) in [6, 6.07) is 12.1. The summed E-state index contributed by atoms with van der Waals surface area (Å²) >= 11 is 0. The zero-order valence-corrected chi connectivity index (χ0v) is 26.4. The number of carbonyl (C=O) groups is 2. The molecule has 1 saturated heterocycles. The normalized spacial score (nSPS) is 15.6. The Morgan fingerprint density at radius 2 is 1.53 bits per heavy atom. The molecule has 3 heterocycles. The van der Waals surface area contributed by atoms with Crippen LogP contribution in [0.2, 0.25) is 18.1 Å². The van der Waals surface area contributed by atoms with Crippen LogP contribution in [0.3, 0.4) is 0 Å². The molecule has 2 aliphatic rings. The van der Waals surface area contributed by atoms with Gasteiger partial charge in [-0.05, 0) is 30.3 Å². The molecule has 2 aromatic carbocycles. The summed E-state index contributed by atoms with van der Waals surface area (Å²) in [6.45, 7) is 12.6. The first-order valence-electron chi connectivity index (χ1n) is 14.6. The van der Waals surface area contributed by atoms with Crippen molar-refractivity contribution in [3.63, 3.8) is 0 Å². The minimum Gasteiger partial charge on any atom is -0.412 e. The molecule has 1 fully saturated rings. The number of fused-ring (bicyclic) bond motifs is 1. The molecule has 0 saturated carbocycles. The van der Waals surface area contributed by atoms with E-state index in [0.717, 1.165) is 5.71 Å². The number of carbonyl (C=O) groups excluding carboxylic acids is 2. The lowest BCUT2D eigenvalue weighted by Gasteiger charge is -2.36. The number of piperidine rings is 1. The highest BCUT2D eigenvalue weighted by molar-refractivity contribution is 6.74. The van der Waals surface area contributed by atoms with Gasteiger partial charge in [-0.25, -0.2) is 14.4 Å². The lowest BCUT2D eigenvalue weighted by molar-refractivity contribution is 0.0570. The average molecular weight is 604 g/mol. The van der Waals surface area contributed by atoms with Gasteiger partial charge in [0.2, 0.25) is 5.95 Å². The Kier molecular flexibility index (Phi) is 8.75. The van der Waals surface area contributed by atoms with Crippen LogP contribution in [0.25, 0.3) is 11.1 Å². The SMILES string of the molecule is CC(C)(C)[Si](C)(C)OCc1cccc(-c2cnc(N3CCC(=NOCCN4C(=O)c5ccccc5C4=O)CC3)nc2)c1F. The molecule has 0 atom stereocenters. The van der Waals surface area contributed by atoms with Gasteiger partial charge < -0.3 is 14.2 Å². The molecule has 43 heavy (non-hydrogen) atoms. The first kappa shape index (κ1) is 30.5. The van der Waals surface area contributed by atoms with E-state index in [1.165, 1.54) is 4.90 Å². The van der Waals surface area contributed by atoms with E-state index >= 15 is 4.39 Å². The molecule has 5 rings (SSSR count). The summed E-state index contributed by atoms with van der Waals surface area (Å²) in [5.74, 6) is -0.337. The number of amides is 2. The Hall–Kier alpha value is -3.96. The monoisotopic (exact) mass is 603 g/mol. The van der Waals surface area contributed by atoms with Gasteiger partial charge in [-0.2, -0.15) is 0 Å². The maximum absolute atomic E-state index is 15.5. The Morgan fingerprint density at radius 1 is 0.930 bits per heavy atom. The van der Waals surface area contributed by atoms with Crippen molar-refractivity contribution in [1.29, 1.82) is 0 Å². The zero-order chi connectivity index (χ0) is 30.8. The Balaban J connectivity index is 1.12. The van der Waals surface area contributed by atoms with Crippen LogP contribution >= 0.6 is 0 Å². The van der Waals surface area contributed by atoms with Crippen LogP contribution in [-0.4, -0.2) is 67.0 Å². The van der Waals surface area contributed by atoms with E-state index in [4.69, 9.17) is 9.26 Å². The van der Waals surface area contributed by atoms with Crippen LogP contribution in [0.4, 0.5) is 10.3 Å². The fraction of sp³-hybridized carbons (Fsp3) is 0.406. The maximum atomic E-state index is 15.5. The van der Waals surface area contributed by atoms with Crippen LogP contribution in [0.5, 0.6) is 0 Å². The molecular formula is C32H38FN5O4Si. The van der Waals surface area contributed by atoms with E-state index in [-0.39, 0.29) is 42.4 Å². The van der Waals surface area contributed by atoms with Gasteiger partial charge in [-0.15, -0.1) is 0 Å². The van der Waals surface area contributed by atoms with Gasteiger partial charge in [0.1, 0.15) is 12.4 Å². The zero-order valence-electron chi connectivity index (χ0n) is 25.4. The molecule has 0 aliphatic carbocycles. The van der Waals surface area contributed by atoms with E-state index in [2.05, 4.69) is 53.9 Å². The second-order valence-electron chi connectivity index (χ2n) is 12.4. The van der Waals surface area contributed by atoms with Crippen molar-refractivity contribution in [2.75, 3.05) is 31.1 Å². The van der Waals surface area contributed by atoms with Crippen LogP contribution in [0.15, 0.2) is 60.0 Å². The molecule has 9 nitrogen and oxygen atoms in total. The molecule has 2 amide bonds. The van der Waals surface area contributed by atoms with Gasteiger partial charge in [0, 0.05) is 55.0 Å². The summed E-state index contributed by atoms with van der Waals surface area (Å²) in [4.78, 5) is 42.7. The summed E-state index contributed by atoms with van der Waals surface area (Å²) in [7, 11) is -2.01. The van der Waals surface area contributed by atoms with Crippen LogP contribution in [0.1, 0.15) is 59.9 Å². The lowest BCUT2D eigenvalue weighted by atomic mass is 10.1. The predicted octanol–water partition coefficient (Wildman–Crippen LogP) is 6.07. The molecule has 0 bridgehead atoms. The van der Waals surface area contributed by atoms with Crippen molar-refractivity contribution in [2.45, 2.75) is 58.4 Å². The van der Waals surface area contributed by atoms with E-state index in [1.807, 2.05) is 6.07 Å². The second-order valence-corrected chi connectivity index (χ2v) is 17.2. The van der Waals surface area contributed by atoms with Crippen molar-refractivity contribution in [2.24, 2.45) is 5.16 Å².